The molecule has 1 aliphatic heterocycles. The van der Waals surface area contributed by atoms with Crippen LogP contribution in [0.3, 0.4) is 0 Å². The van der Waals surface area contributed by atoms with Crippen molar-refractivity contribution in [1.29, 1.82) is 0 Å². The Kier molecular flexibility index (Phi) is 5.71. The number of carbonyl (C=O) groups is 1. The third-order valence-corrected chi connectivity index (χ3v) is 5.28. The number of benzene rings is 1. The van der Waals surface area contributed by atoms with Crippen LogP contribution in [0.25, 0.3) is 16.7 Å². The van der Waals surface area contributed by atoms with Crippen molar-refractivity contribution >= 4 is 22.9 Å². The molecule has 1 aromatic carbocycles. The number of hydrogen-bond donors (Lipinski definition) is 1. The molecular formula is C23H29N5O3. The average Bonchev–Trinajstić information content (AvgIpc) is 3.17. The Labute approximate surface area is 182 Å². The van der Waals surface area contributed by atoms with Crippen LogP contribution >= 0.6 is 0 Å². The summed E-state index contributed by atoms with van der Waals surface area (Å²) in [6.07, 6.45) is 5.12. The van der Waals surface area contributed by atoms with Gasteiger partial charge in [-0.3, -0.25) is 0 Å². The summed E-state index contributed by atoms with van der Waals surface area (Å²) in [6.45, 7) is 6.94. The number of nitrogens with zero attached hydrogens (tertiary/aromatic N) is 4. The average molecular weight is 424 g/mol. The van der Waals surface area contributed by atoms with E-state index in [0.717, 1.165) is 35.3 Å². The lowest BCUT2D eigenvalue weighted by Gasteiger charge is -2.33. The molecule has 1 aliphatic rings. The maximum absolute atomic E-state index is 12.3. The molecule has 4 rings (SSSR count). The molecule has 31 heavy (non-hydrogen) atoms. The van der Waals surface area contributed by atoms with Gasteiger partial charge in [0.1, 0.15) is 17.2 Å². The van der Waals surface area contributed by atoms with Crippen molar-refractivity contribution in [2.75, 3.05) is 25.5 Å². The summed E-state index contributed by atoms with van der Waals surface area (Å²) < 4.78 is 13.0. The highest BCUT2D eigenvalue weighted by atomic mass is 16.6. The van der Waals surface area contributed by atoms with E-state index in [1.54, 1.807) is 18.2 Å². The first kappa shape index (κ1) is 21.0. The highest BCUT2D eigenvalue weighted by Gasteiger charge is 2.27. The Bertz CT molecular complexity index is 1060. The van der Waals surface area contributed by atoms with Crippen molar-refractivity contribution in [1.82, 2.24) is 19.4 Å². The second kappa shape index (κ2) is 8.45. The number of rotatable bonds is 4. The molecule has 0 radical (unpaired) electrons. The SMILES string of the molecule is COc1cccc2c1ccn2-c1ccnc(NC2CCN(C(=O)OC(C)(C)C)CC2)n1. The van der Waals surface area contributed by atoms with E-state index < -0.39 is 5.60 Å². The van der Waals surface area contributed by atoms with Crippen LogP contribution in [-0.4, -0.2) is 57.4 Å². The van der Waals surface area contributed by atoms with Crippen LogP contribution in [0.4, 0.5) is 10.7 Å². The van der Waals surface area contributed by atoms with Crippen LogP contribution in [0.2, 0.25) is 0 Å². The van der Waals surface area contributed by atoms with Gasteiger partial charge >= 0.3 is 6.09 Å². The fraction of sp³-hybridized carbons (Fsp3) is 0.435. The zero-order valence-corrected chi connectivity index (χ0v) is 18.5. The molecule has 0 unspecified atom stereocenters. The second-order valence-corrected chi connectivity index (χ2v) is 8.70. The van der Waals surface area contributed by atoms with Gasteiger partial charge in [-0.15, -0.1) is 0 Å². The zero-order chi connectivity index (χ0) is 22.0. The molecule has 0 atom stereocenters. The van der Waals surface area contributed by atoms with Crippen LogP contribution in [0, 0.1) is 0 Å². The zero-order valence-electron chi connectivity index (χ0n) is 18.5. The van der Waals surface area contributed by atoms with Gasteiger partial charge in [0.25, 0.3) is 0 Å². The van der Waals surface area contributed by atoms with Crippen LogP contribution in [0.5, 0.6) is 5.75 Å². The van der Waals surface area contributed by atoms with Gasteiger partial charge in [0.05, 0.1) is 12.6 Å². The first-order valence-corrected chi connectivity index (χ1v) is 10.6. The van der Waals surface area contributed by atoms with E-state index >= 15 is 0 Å². The Morgan fingerprint density at radius 1 is 1.16 bits per heavy atom. The maximum Gasteiger partial charge on any atom is 0.410 e. The highest BCUT2D eigenvalue weighted by Crippen LogP contribution is 2.28. The van der Waals surface area contributed by atoms with Gasteiger partial charge in [0.15, 0.2) is 0 Å². The van der Waals surface area contributed by atoms with Crippen molar-refractivity contribution in [3.8, 4) is 11.6 Å². The summed E-state index contributed by atoms with van der Waals surface area (Å²) in [5.41, 5.74) is 0.544. The Morgan fingerprint density at radius 3 is 2.65 bits per heavy atom. The fourth-order valence-electron chi connectivity index (χ4n) is 3.79. The number of hydrogen-bond acceptors (Lipinski definition) is 6. The topological polar surface area (TPSA) is 81.5 Å². The summed E-state index contributed by atoms with van der Waals surface area (Å²) in [5, 5.41) is 4.46. The van der Waals surface area contributed by atoms with E-state index in [2.05, 4.69) is 10.3 Å². The summed E-state index contributed by atoms with van der Waals surface area (Å²) in [7, 11) is 1.67. The van der Waals surface area contributed by atoms with Gasteiger partial charge in [-0.05, 0) is 57.9 Å². The van der Waals surface area contributed by atoms with Crippen molar-refractivity contribution in [3.05, 3.63) is 42.7 Å². The van der Waals surface area contributed by atoms with Gasteiger partial charge < -0.3 is 24.3 Å². The normalized spacial score (nSPS) is 15.2. The molecule has 3 aromatic rings. The van der Waals surface area contributed by atoms with E-state index in [1.165, 1.54) is 0 Å². The standard InChI is InChI=1S/C23H29N5O3/c1-23(2,3)31-22(29)27-13-9-16(10-14-27)25-21-24-12-8-20(26-21)28-15-11-17-18(28)6-5-7-19(17)30-4/h5-8,11-12,15-16H,9-10,13-14H2,1-4H3,(H,24,25,26). The van der Waals surface area contributed by atoms with Crippen LogP contribution in [0.1, 0.15) is 33.6 Å². The number of aromatic nitrogens is 3. The predicted molar refractivity (Wildman–Crippen MR) is 120 cm³/mol. The van der Waals surface area contributed by atoms with Gasteiger partial charge in [0.2, 0.25) is 5.95 Å². The third-order valence-electron chi connectivity index (χ3n) is 5.28. The van der Waals surface area contributed by atoms with E-state index in [1.807, 2.05) is 61.9 Å². The van der Waals surface area contributed by atoms with E-state index in [4.69, 9.17) is 14.5 Å². The lowest BCUT2D eigenvalue weighted by molar-refractivity contribution is 0.0210. The minimum atomic E-state index is -0.479. The molecule has 1 saturated heterocycles. The van der Waals surface area contributed by atoms with Crippen molar-refractivity contribution in [2.24, 2.45) is 0 Å². The number of nitrogens with one attached hydrogen (secondary N) is 1. The molecule has 0 aliphatic carbocycles. The van der Waals surface area contributed by atoms with Gasteiger partial charge in [0, 0.05) is 36.9 Å². The molecule has 0 saturated carbocycles. The Hall–Kier alpha value is -3.29. The Morgan fingerprint density at radius 2 is 1.94 bits per heavy atom. The molecule has 1 amide bonds. The molecule has 8 nitrogen and oxygen atoms in total. The van der Waals surface area contributed by atoms with Gasteiger partial charge in [-0.25, -0.2) is 9.78 Å². The number of methoxy groups -OCH3 is 1. The van der Waals surface area contributed by atoms with Crippen molar-refractivity contribution in [2.45, 2.75) is 45.3 Å². The van der Waals surface area contributed by atoms with Crippen molar-refractivity contribution in [3.63, 3.8) is 0 Å². The molecule has 2 aromatic heterocycles. The second-order valence-electron chi connectivity index (χ2n) is 8.70. The highest BCUT2D eigenvalue weighted by molar-refractivity contribution is 5.87. The number of ether oxygens (including phenoxy) is 2. The van der Waals surface area contributed by atoms with E-state index in [9.17, 15) is 4.79 Å². The van der Waals surface area contributed by atoms with Gasteiger partial charge in [-0.1, -0.05) is 6.07 Å². The number of anilines is 1. The van der Waals surface area contributed by atoms with Crippen LogP contribution < -0.4 is 10.1 Å². The lowest BCUT2D eigenvalue weighted by atomic mass is 10.1. The third kappa shape index (κ3) is 4.73. The van der Waals surface area contributed by atoms with E-state index in [0.29, 0.717) is 19.0 Å². The summed E-state index contributed by atoms with van der Waals surface area (Å²) in [4.78, 5) is 23.1. The van der Waals surface area contributed by atoms with Crippen LogP contribution in [0.15, 0.2) is 42.7 Å². The van der Waals surface area contributed by atoms with Gasteiger partial charge in [-0.2, -0.15) is 4.98 Å². The first-order valence-electron chi connectivity index (χ1n) is 10.6. The Balaban J connectivity index is 1.43. The van der Waals surface area contributed by atoms with Crippen LogP contribution in [-0.2, 0) is 4.74 Å². The molecular weight excluding hydrogens is 394 g/mol. The molecule has 0 spiro atoms. The number of carbonyl (C=O) groups excluding carboxylic acids is 1. The number of piperidine rings is 1. The molecule has 1 N–H and O–H groups in total. The predicted octanol–water partition coefficient (Wildman–Crippen LogP) is 4.24. The number of likely N-dealkylation sites (tertiary alicyclic amines) is 1. The number of amides is 1. The van der Waals surface area contributed by atoms with Crippen molar-refractivity contribution < 1.29 is 14.3 Å². The lowest BCUT2D eigenvalue weighted by Crippen LogP contribution is -2.44. The summed E-state index contributed by atoms with van der Waals surface area (Å²) in [6, 6.07) is 10.1. The molecule has 0 bridgehead atoms. The molecule has 8 heteroatoms. The summed E-state index contributed by atoms with van der Waals surface area (Å²) in [5.74, 6) is 2.20. The fourth-order valence-corrected chi connectivity index (χ4v) is 3.79. The number of fused-ring (bicyclic) bond motifs is 1. The smallest absolute Gasteiger partial charge is 0.410 e. The first-order chi connectivity index (χ1) is 14.8. The molecule has 1 fully saturated rings. The maximum atomic E-state index is 12.3. The minimum Gasteiger partial charge on any atom is -0.496 e. The molecule has 3 heterocycles. The minimum absolute atomic E-state index is 0.204. The molecule has 164 valence electrons. The van der Waals surface area contributed by atoms with E-state index in [-0.39, 0.29) is 12.1 Å². The monoisotopic (exact) mass is 423 g/mol. The summed E-state index contributed by atoms with van der Waals surface area (Å²) >= 11 is 0. The quantitative estimate of drug-likeness (QED) is 0.676. The largest absolute Gasteiger partial charge is 0.496 e.